The van der Waals surface area contributed by atoms with Crippen LogP contribution in [0, 0.1) is 0 Å². The van der Waals surface area contributed by atoms with E-state index in [4.69, 9.17) is 9.47 Å². The number of nitrogens with one attached hydrogen (secondary N) is 1. The van der Waals surface area contributed by atoms with Crippen LogP contribution in [0.2, 0.25) is 0 Å². The number of rotatable bonds is 7. The van der Waals surface area contributed by atoms with Gasteiger partial charge in [0.25, 0.3) is 0 Å². The zero-order valence-electron chi connectivity index (χ0n) is 18.3. The predicted octanol–water partition coefficient (Wildman–Crippen LogP) is 4.20. The van der Waals surface area contributed by atoms with E-state index in [1.54, 1.807) is 55.6 Å². The fourth-order valence-electron chi connectivity index (χ4n) is 4.44. The average Bonchev–Trinajstić information content (AvgIpc) is 3.33. The van der Waals surface area contributed by atoms with E-state index >= 15 is 0 Å². The molecule has 1 unspecified atom stereocenters. The van der Waals surface area contributed by atoms with Crippen molar-refractivity contribution >= 4 is 21.6 Å². The molecule has 0 radical (unpaired) electrons. The van der Waals surface area contributed by atoms with Gasteiger partial charge in [0, 0.05) is 18.3 Å². The van der Waals surface area contributed by atoms with Gasteiger partial charge in [0.2, 0.25) is 15.9 Å². The Balaban J connectivity index is 1.53. The summed E-state index contributed by atoms with van der Waals surface area (Å²) in [5.74, 6) is 0.872. The van der Waals surface area contributed by atoms with Crippen LogP contribution in [0.1, 0.15) is 44.9 Å². The van der Waals surface area contributed by atoms with Gasteiger partial charge in [0.15, 0.2) is 11.5 Å². The van der Waals surface area contributed by atoms with Crippen LogP contribution in [0.3, 0.4) is 0 Å². The van der Waals surface area contributed by atoms with E-state index in [9.17, 15) is 13.2 Å². The van der Waals surface area contributed by atoms with Crippen molar-refractivity contribution in [2.75, 3.05) is 19.0 Å². The van der Waals surface area contributed by atoms with E-state index in [0.29, 0.717) is 30.2 Å². The second kappa shape index (κ2) is 9.92. The van der Waals surface area contributed by atoms with E-state index in [0.717, 1.165) is 38.5 Å². The van der Waals surface area contributed by atoms with Gasteiger partial charge in [-0.25, -0.2) is 8.42 Å². The van der Waals surface area contributed by atoms with E-state index in [1.807, 2.05) is 0 Å². The molecule has 2 aromatic rings. The number of carbonyl (C=O) groups is 1. The van der Waals surface area contributed by atoms with Gasteiger partial charge in [-0.1, -0.05) is 24.6 Å². The van der Waals surface area contributed by atoms with Gasteiger partial charge in [-0.15, -0.1) is 0 Å². The molecule has 1 N–H and O–H groups in total. The molecule has 1 heterocycles. The molecule has 1 saturated carbocycles. The summed E-state index contributed by atoms with van der Waals surface area (Å²) >= 11 is 0. The second-order valence-corrected chi connectivity index (χ2v) is 10.2. The van der Waals surface area contributed by atoms with E-state index in [2.05, 4.69) is 5.32 Å². The van der Waals surface area contributed by atoms with Crippen LogP contribution in [0.5, 0.6) is 11.5 Å². The number of hydrogen-bond donors (Lipinski definition) is 1. The highest BCUT2D eigenvalue weighted by atomic mass is 32.2. The molecular weight excluding hydrogens is 428 g/mol. The van der Waals surface area contributed by atoms with Gasteiger partial charge in [-0.3, -0.25) is 4.79 Å². The van der Waals surface area contributed by atoms with Crippen molar-refractivity contribution in [2.45, 2.75) is 62.0 Å². The highest BCUT2D eigenvalue weighted by Crippen LogP contribution is 2.34. The molecule has 4 rings (SSSR count). The molecular formula is C24H30N2O5S. The van der Waals surface area contributed by atoms with Crippen molar-refractivity contribution in [2.24, 2.45) is 0 Å². The lowest BCUT2D eigenvalue weighted by Gasteiger charge is -2.33. The van der Waals surface area contributed by atoms with Crippen molar-refractivity contribution in [3.63, 3.8) is 0 Å². The molecule has 2 aromatic carbocycles. The minimum atomic E-state index is -3.76. The zero-order valence-corrected chi connectivity index (χ0v) is 19.1. The van der Waals surface area contributed by atoms with Crippen molar-refractivity contribution in [1.82, 2.24) is 4.31 Å². The van der Waals surface area contributed by atoms with Crippen LogP contribution in [0.4, 0.5) is 5.69 Å². The maximum absolute atomic E-state index is 13.2. The third kappa shape index (κ3) is 4.91. The maximum atomic E-state index is 13.2. The molecule has 2 aliphatic rings. The summed E-state index contributed by atoms with van der Waals surface area (Å²) in [7, 11) is -2.17. The lowest BCUT2D eigenvalue weighted by molar-refractivity contribution is -0.120. The van der Waals surface area contributed by atoms with E-state index < -0.39 is 16.1 Å². The Hall–Kier alpha value is -2.58. The number of nitrogens with zero attached hydrogens (tertiary/aromatic N) is 1. The minimum Gasteiger partial charge on any atom is -0.493 e. The number of carbonyl (C=O) groups excluding carboxylic acids is 1. The number of sulfonamides is 1. The molecule has 8 heteroatoms. The van der Waals surface area contributed by atoms with Crippen molar-refractivity contribution in [3.05, 3.63) is 48.5 Å². The quantitative estimate of drug-likeness (QED) is 0.672. The molecule has 0 spiro atoms. The number of anilines is 1. The second-order valence-electron chi connectivity index (χ2n) is 8.32. The molecule has 2 fully saturated rings. The van der Waals surface area contributed by atoms with Crippen LogP contribution in [0.25, 0.3) is 0 Å². The first kappa shape index (κ1) is 22.6. The molecule has 1 aliphatic carbocycles. The average molecular weight is 459 g/mol. The smallest absolute Gasteiger partial charge is 0.243 e. The third-order valence-electron chi connectivity index (χ3n) is 6.13. The number of hydrogen-bond acceptors (Lipinski definition) is 5. The Morgan fingerprint density at radius 1 is 0.969 bits per heavy atom. The first-order chi connectivity index (χ1) is 15.5. The van der Waals surface area contributed by atoms with Gasteiger partial charge < -0.3 is 14.8 Å². The van der Waals surface area contributed by atoms with Crippen LogP contribution in [0.15, 0.2) is 53.4 Å². The van der Waals surface area contributed by atoms with Gasteiger partial charge in [0.1, 0.15) is 6.04 Å². The number of benzene rings is 2. The van der Waals surface area contributed by atoms with Gasteiger partial charge >= 0.3 is 0 Å². The maximum Gasteiger partial charge on any atom is 0.243 e. The first-order valence-electron chi connectivity index (χ1n) is 11.2. The Morgan fingerprint density at radius 2 is 1.69 bits per heavy atom. The van der Waals surface area contributed by atoms with E-state index in [-0.39, 0.29) is 16.9 Å². The Labute approximate surface area is 189 Å². The summed E-state index contributed by atoms with van der Waals surface area (Å²) in [6.07, 6.45) is 6.49. The SMILES string of the molecule is COc1ccc(NC(=O)C2CCCCN2S(=O)(=O)c2ccccc2)cc1OC1CCCC1. The summed E-state index contributed by atoms with van der Waals surface area (Å²) in [5, 5.41) is 2.90. The van der Waals surface area contributed by atoms with E-state index in [1.165, 1.54) is 4.31 Å². The fourth-order valence-corrected chi connectivity index (χ4v) is 6.12. The molecule has 1 saturated heterocycles. The van der Waals surface area contributed by atoms with Crippen molar-refractivity contribution in [3.8, 4) is 11.5 Å². The monoisotopic (exact) mass is 458 g/mol. The summed E-state index contributed by atoms with van der Waals surface area (Å²) in [6.45, 7) is 0.327. The molecule has 1 atom stereocenters. The summed E-state index contributed by atoms with van der Waals surface area (Å²) < 4.78 is 39.3. The van der Waals surface area contributed by atoms with Gasteiger partial charge in [-0.2, -0.15) is 4.31 Å². The van der Waals surface area contributed by atoms with Crippen LogP contribution in [-0.4, -0.2) is 44.4 Å². The summed E-state index contributed by atoms with van der Waals surface area (Å²) in [5.41, 5.74) is 0.562. The highest BCUT2D eigenvalue weighted by molar-refractivity contribution is 7.89. The van der Waals surface area contributed by atoms with Crippen molar-refractivity contribution in [1.29, 1.82) is 0 Å². The summed E-state index contributed by atoms with van der Waals surface area (Å²) in [4.78, 5) is 13.4. The molecule has 7 nitrogen and oxygen atoms in total. The van der Waals surface area contributed by atoms with Crippen molar-refractivity contribution < 1.29 is 22.7 Å². The standard InChI is InChI=1S/C24H30N2O5S/c1-30-22-15-14-18(17-23(22)31-19-9-5-6-10-19)25-24(27)21-13-7-8-16-26(21)32(28,29)20-11-3-2-4-12-20/h2-4,11-12,14-15,17,19,21H,5-10,13,16H2,1H3,(H,25,27). The number of methoxy groups -OCH3 is 1. The summed E-state index contributed by atoms with van der Waals surface area (Å²) in [6, 6.07) is 12.8. The number of ether oxygens (including phenoxy) is 2. The number of piperidine rings is 1. The van der Waals surface area contributed by atoms with Crippen LogP contribution in [-0.2, 0) is 14.8 Å². The molecule has 0 bridgehead atoms. The number of amides is 1. The molecule has 32 heavy (non-hydrogen) atoms. The third-order valence-corrected chi connectivity index (χ3v) is 8.06. The highest BCUT2D eigenvalue weighted by Gasteiger charge is 2.37. The molecule has 1 aliphatic heterocycles. The fraction of sp³-hybridized carbons (Fsp3) is 0.458. The van der Waals surface area contributed by atoms with Crippen LogP contribution < -0.4 is 14.8 Å². The zero-order chi connectivity index (χ0) is 22.6. The lowest BCUT2D eigenvalue weighted by atomic mass is 10.0. The Bertz CT molecular complexity index is 1040. The normalized spacial score (nSPS) is 20.1. The Morgan fingerprint density at radius 3 is 2.41 bits per heavy atom. The molecule has 0 aromatic heterocycles. The lowest BCUT2D eigenvalue weighted by Crippen LogP contribution is -2.49. The Kier molecular flexibility index (Phi) is 7.01. The van der Waals surface area contributed by atoms with Gasteiger partial charge in [-0.05, 0) is 62.8 Å². The predicted molar refractivity (Wildman–Crippen MR) is 122 cm³/mol. The van der Waals surface area contributed by atoms with Crippen LogP contribution >= 0.6 is 0 Å². The molecule has 172 valence electrons. The van der Waals surface area contributed by atoms with Gasteiger partial charge in [0.05, 0.1) is 18.1 Å². The molecule has 1 amide bonds. The first-order valence-corrected chi connectivity index (χ1v) is 12.7. The minimum absolute atomic E-state index is 0.153. The largest absolute Gasteiger partial charge is 0.493 e. The topological polar surface area (TPSA) is 84.9 Å².